The molecule has 1 aliphatic carbocycles. The Morgan fingerprint density at radius 3 is 1.30 bits per heavy atom. The monoisotopic (exact) mass is 444 g/mol. The first-order valence-electron chi connectivity index (χ1n) is 8.71. The van der Waals surface area contributed by atoms with Crippen LogP contribution < -0.4 is 0 Å². The van der Waals surface area contributed by atoms with Gasteiger partial charge in [-0.15, -0.1) is 0 Å². The lowest BCUT2D eigenvalue weighted by Gasteiger charge is -2.16. The highest BCUT2D eigenvalue weighted by molar-refractivity contribution is 6.61. The second kappa shape index (κ2) is 9.52. The molecule has 0 amide bonds. The summed E-state index contributed by atoms with van der Waals surface area (Å²) in [6.45, 7) is -0.274. The highest BCUT2D eigenvalue weighted by atomic mass is 35.5. The average molecular weight is 445 g/mol. The smallest absolute Gasteiger partial charge is 0.344 e. The van der Waals surface area contributed by atoms with Gasteiger partial charge >= 0.3 is 11.9 Å². The maximum Gasteiger partial charge on any atom is 0.344 e. The Morgan fingerprint density at radius 2 is 0.967 bits per heavy atom. The maximum atomic E-state index is 12.5. The van der Waals surface area contributed by atoms with Crippen molar-refractivity contribution in [3.05, 3.63) is 93.0 Å². The van der Waals surface area contributed by atoms with E-state index >= 15 is 0 Å². The number of esters is 2. The zero-order chi connectivity index (χ0) is 21.7. The largest absolute Gasteiger partial charge is 0.457 e. The third-order valence-corrected chi connectivity index (χ3v) is 4.85. The number of ether oxygens (including phenoxy) is 2. The molecule has 0 radical (unpaired) electrons. The van der Waals surface area contributed by atoms with Gasteiger partial charge in [0.25, 0.3) is 0 Å². The molecule has 0 spiro atoms. The lowest BCUT2D eigenvalue weighted by atomic mass is 9.96. The van der Waals surface area contributed by atoms with Gasteiger partial charge in [0.2, 0.25) is 11.6 Å². The Hall–Kier alpha value is -3.22. The molecule has 0 atom stereocenters. The molecule has 0 fully saturated rings. The predicted molar refractivity (Wildman–Crippen MR) is 108 cm³/mol. The van der Waals surface area contributed by atoms with E-state index < -0.39 is 44.7 Å². The first kappa shape index (κ1) is 21.5. The number of benzene rings is 2. The van der Waals surface area contributed by atoms with E-state index in [0.29, 0.717) is 11.1 Å². The molecule has 0 N–H and O–H groups in total. The topological polar surface area (TPSA) is 86.7 Å². The van der Waals surface area contributed by atoms with Crippen molar-refractivity contribution in [2.75, 3.05) is 0 Å². The molecule has 2 aromatic rings. The van der Waals surface area contributed by atoms with Gasteiger partial charge in [0.15, 0.2) is 0 Å². The first-order chi connectivity index (χ1) is 14.4. The van der Waals surface area contributed by atoms with Crippen LogP contribution in [0.3, 0.4) is 0 Å². The zero-order valence-corrected chi connectivity index (χ0v) is 16.9. The van der Waals surface area contributed by atoms with Crippen molar-refractivity contribution in [2.45, 2.75) is 13.2 Å². The molecule has 0 saturated carbocycles. The summed E-state index contributed by atoms with van der Waals surface area (Å²) in [6, 6.07) is 17.4. The molecule has 0 bridgehead atoms. The van der Waals surface area contributed by atoms with Crippen molar-refractivity contribution in [2.24, 2.45) is 0 Å². The summed E-state index contributed by atoms with van der Waals surface area (Å²) in [5.41, 5.74) is -0.0997. The molecule has 30 heavy (non-hydrogen) atoms. The van der Waals surface area contributed by atoms with Crippen LogP contribution >= 0.6 is 23.2 Å². The Kier molecular flexibility index (Phi) is 6.82. The third-order valence-electron chi connectivity index (χ3n) is 4.13. The van der Waals surface area contributed by atoms with Gasteiger partial charge in [-0.1, -0.05) is 83.9 Å². The summed E-state index contributed by atoms with van der Waals surface area (Å²) < 4.78 is 10.1. The fourth-order valence-corrected chi connectivity index (χ4v) is 3.12. The molecule has 0 aliphatic heterocycles. The van der Waals surface area contributed by atoms with E-state index in [-0.39, 0.29) is 13.2 Å². The van der Waals surface area contributed by atoms with E-state index in [1.165, 1.54) is 0 Å². The number of Topliss-reactive ketones (excluding diaryl/α,β-unsaturated/α-hetero) is 2. The van der Waals surface area contributed by atoms with Crippen LogP contribution in [0.1, 0.15) is 11.1 Å². The van der Waals surface area contributed by atoms with Crippen LogP contribution in [0.2, 0.25) is 0 Å². The Morgan fingerprint density at radius 1 is 0.633 bits per heavy atom. The molecule has 2 aromatic carbocycles. The standard InChI is InChI=1S/C22H14Cl2O6/c23-17-15(21(27)29-11-13-7-3-1-4-8-13)19(25)18(24)16(20(17)26)22(28)30-12-14-9-5-2-6-10-14/h1-10H,11-12H2. The summed E-state index contributed by atoms with van der Waals surface area (Å²) in [7, 11) is 0. The molecule has 6 nitrogen and oxygen atoms in total. The molecular weight excluding hydrogens is 431 g/mol. The van der Waals surface area contributed by atoms with E-state index in [1.807, 2.05) is 0 Å². The van der Waals surface area contributed by atoms with E-state index in [0.717, 1.165) is 0 Å². The number of rotatable bonds is 6. The van der Waals surface area contributed by atoms with Gasteiger partial charge in [0.1, 0.15) is 34.4 Å². The molecule has 0 saturated heterocycles. The molecule has 8 heteroatoms. The number of hydrogen-bond donors (Lipinski definition) is 0. The van der Waals surface area contributed by atoms with Crippen LogP contribution in [0.15, 0.2) is 81.9 Å². The molecular formula is C22H14Cl2O6. The number of ketones is 2. The zero-order valence-electron chi connectivity index (χ0n) is 15.4. The van der Waals surface area contributed by atoms with Crippen molar-refractivity contribution in [1.29, 1.82) is 0 Å². The molecule has 1 aliphatic rings. The first-order valence-corrected chi connectivity index (χ1v) is 9.46. The van der Waals surface area contributed by atoms with Crippen LogP contribution in [0.5, 0.6) is 0 Å². The minimum absolute atomic E-state index is 0.137. The van der Waals surface area contributed by atoms with Gasteiger partial charge in [-0.2, -0.15) is 0 Å². The normalized spacial score (nSPS) is 14.1. The van der Waals surface area contributed by atoms with Gasteiger partial charge in [0, 0.05) is 0 Å². The van der Waals surface area contributed by atoms with Gasteiger partial charge in [0.05, 0.1) is 0 Å². The summed E-state index contributed by atoms with van der Waals surface area (Å²) >= 11 is 11.9. The van der Waals surface area contributed by atoms with Gasteiger partial charge in [-0.25, -0.2) is 9.59 Å². The lowest BCUT2D eigenvalue weighted by molar-refractivity contribution is -0.144. The quantitative estimate of drug-likeness (QED) is 0.384. The summed E-state index contributed by atoms with van der Waals surface area (Å²) in [6.07, 6.45) is 0. The van der Waals surface area contributed by atoms with Crippen molar-refractivity contribution >= 4 is 46.7 Å². The third kappa shape index (κ3) is 4.67. The average Bonchev–Trinajstić information content (AvgIpc) is 2.76. The number of halogens is 2. The number of carbonyl (C=O) groups is 4. The molecule has 152 valence electrons. The van der Waals surface area contributed by atoms with Crippen molar-refractivity contribution in [3.8, 4) is 0 Å². The fraction of sp³-hybridized carbons (Fsp3) is 0.0909. The lowest BCUT2D eigenvalue weighted by Crippen LogP contribution is -2.29. The molecule has 0 aromatic heterocycles. The van der Waals surface area contributed by atoms with Crippen molar-refractivity contribution in [3.63, 3.8) is 0 Å². The van der Waals surface area contributed by atoms with Crippen LogP contribution in [0.4, 0.5) is 0 Å². The molecule has 0 unspecified atom stereocenters. The van der Waals surface area contributed by atoms with Gasteiger partial charge < -0.3 is 9.47 Å². The minimum Gasteiger partial charge on any atom is -0.457 e. The van der Waals surface area contributed by atoms with Gasteiger partial charge in [-0.05, 0) is 11.1 Å². The van der Waals surface area contributed by atoms with Crippen LogP contribution in [0.25, 0.3) is 0 Å². The Labute approximate surface area is 181 Å². The number of hydrogen-bond acceptors (Lipinski definition) is 6. The second-order valence-electron chi connectivity index (χ2n) is 6.16. The van der Waals surface area contributed by atoms with Crippen LogP contribution in [-0.4, -0.2) is 23.5 Å². The van der Waals surface area contributed by atoms with E-state index in [2.05, 4.69) is 0 Å². The van der Waals surface area contributed by atoms with E-state index in [4.69, 9.17) is 32.7 Å². The second-order valence-corrected chi connectivity index (χ2v) is 6.92. The van der Waals surface area contributed by atoms with E-state index in [1.54, 1.807) is 60.7 Å². The van der Waals surface area contributed by atoms with E-state index in [9.17, 15) is 19.2 Å². The maximum absolute atomic E-state index is 12.5. The molecule has 0 heterocycles. The minimum atomic E-state index is -1.11. The van der Waals surface area contributed by atoms with Crippen LogP contribution in [0, 0.1) is 0 Å². The summed E-state index contributed by atoms with van der Waals surface area (Å²) in [4.78, 5) is 49.7. The van der Waals surface area contributed by atoms with Crippen molar-refractivity contribution < 1.29 is 28.7 Å². The van der Waals surface area contributed by atoms with Crippen molar-refractivity contribution in [1.82, 2.24) is 0 Å². The highest BCUT2D eigenvalue weighted by Gasteiger charge is 2.41. The molecule has 3 rings (SSSR count). The predicted octanol–water partition coefficient (Wildman–Crippen LogP) is 3.61. The number of carbonyl (C=O) groups excluding carboxylic acids is 4. The Balaban J connectivity index is 1.74. The van der Waals surface area contributed by atoms with Gasteiger partial charge in [-0.3, -0.25) is 9.59 Å². The highest BCUT2D eigenvalue weighted by Crippen LogP contribution is 2.31. The SMILES string of the molecule is O=C(OCc1ccccc1)C1=C(Cl)C(=O)C(C(=O)OCc2ccccc2)=C(Cl)C1=O. The van der Waals surface area contributed by atoms with Crippen LogP contribution in [-0.2, 0) is 41.9 Å². The number of allylic oxidation sites excluding steroid dienone is 2. The Bertz CT molecular complexity index is 984. The summed E-state index contributed by atoms with van der Waals surface area (Å²) in [5.74, 6) is -4.38. The summed E-state index contributed by atoms with van der Waals surface area (Å²) in [5, 5.41) is -1.48. The fourth-order valence-electron chi connectivity index (χ4n) is 2.60.